The molecular formula is C14H19N3O2. The van der Waals surface area contributed by atoms with Gasteiger partial charge in [-0.3, -0.25) is 10.3 Å². The molecule has 0 saturated carbocycles. The van der Waals surface area contributed by atoms with Crippen LogP contribution in [0.5, 0.6) is 0 Å². The van der Waals surface area contributed by atoms with Crippen LogP contribution in [0.25, 0.3) is 0 Å². The number of aliphatic imine (C=N–C) groups is 1. The zero-order valence-corrected chi connectivity index (χ0v) is 11.4. The molecule has 0 aliphatic carbocycles. The summed E-state index contributed by atoms with van der Waals surface area (Å²) in [4.78, 5) is 15.3. The van der Waals surface area contributed by atoms with Gasteiger partial charge in [-0.05, 0) is 17.0 Å². The van der Waals surface area contributed by atoms with Crippen molar-refractivity contribution in [2.24, 2.45) is 4.99 Å². The molecule has 0 aromatic heterocycles. The number of hydrogen-bond acceptors (Lipinski definition) is 4. The van der Waals surface area contributed by atoms with Gasteiger partial charge < -0.3 is 10.1 Å². The number of carbonyl (C=O) groups excluding carboxylic acids is 1. The Balaban J connectivity index is 1.96. The van der Waals surface area contributed by atoms with E-state index in [1.54, 1.807) is 0 Å². The van der Waals surface area contributed by atoms with Crippen molar-refractivity contribution in [1.82, 2.24) is 10.6 Å². The Morgan fingerprint density at radius 1 is 1.42 bits per heavy atom. The van der Waals surface area contributed by atoms with Gasteiger partial charge in [0.15, 0.2) is 0 Å². The minimum Gasteiger partial charge on any atom is -0.453 e. The molecule has 5 nitrogen and oxygen atoms in total. The number of carbonyl (C=O) groups is 1. The highest BCUT2D eigenvalue weighted by Gasteiger charge is 2.20. The fourth-order valence-electron chi connectivity index (χ4n) is 1.96. The predicted molar refractivity (Wildman–Crippen MR) is 74.3 cm³/mol. The molecule has 102 valence electrons. The zero-order chi connectivity index (χ0) is 13.8. The maximum atomic E-state index is 11.1. The lowest BCUT2D eigenvalue weighted by Crippen LogP contribution is -2.39. The van der Waals surface area contributed by atoms with Gasteiger partial charge in [0.25, 0.3) is 0 Å². The second-order valence-electron chi connectivity index (χ2n) is 4.82. The number of guanidine groups is 1. The highest BCUT2D eigenvalue weighted by atomic mass is 16.5. The van der Waals surface area contributed by atoms with Crippen molar-refractivity contribution in [3.63, 3.8) is 0 Å². The molecule has 1 aliphatic rings. The lowest BCUT2D eigenvalue weighted by atomic mass is 9.99. The number of nitrogens with zero attached hydrogens (tertiary/aromatic N) is 1. The van der Waals surface area contributed by atoms with Gasteiger partial charge in [0, 0.05) is 0 Å². The smallest absolute Gasteiger partial charge is 0.413 e. The summed E-state index contributed by atoms with van der Waals surface area (Å²) in [5.74, 6) is 0.989. The molecule has 1 aromatic carbocycles. The SMILES string of the molecule is COC(=O)NC1=NCC(c2ccc(C(C)C)cc2)N1. The number of hydrogen-bond donors (Lipinski definition) is 2. The Kier molecular flexibility index (Phi) is 4.04. The van der Waals surface area contributed by atoms with Gasteiger partial charge in [-0.25, -0.2) is 4.79 Å². The molecule has 2 rings (SSSR count). The summed E-state index contributed by atoms with van der Waals surface area (Å²) in [5, 5.41) is 5.69. The topological polar surface area (TPSA) is 62.7 Å². The molecule has 2 N–H and O–H groups in total. The average Bonchev–Trinajstić information content (AvgIpc) is 2.87. The molecule has 1 heterocycles. The van der Waals surface area contributed by atoms with Gasteiger partial charge >= 0.3 is 6.09 Å². The minimum atomic E-state index is -0.512. The van der Waals surface area contributed by atoms with E-state index in [2.05, 4.69) is 58.5 Å². The van der Waals surface area contributed by atoms with Crippen molar-refractivity contribution in [3.05, 3.63) is 35.4 Å². The first-order valence-electron chi connectivity index (χ1n) is 6.36. The molecule has 0 radical (unpaired) electrons. The maximum absolute atomic E-state index is 11.1. The van der Waals surface area contributed by atoms with E-state index in [9.17, 15) is 4.79 Å². The highest BCUT2D eigenvalue weighted by Crippen LogP contribution is 2.20. The van der Waals surface area contributed by atoms with E-state index in [1.165, 1.54) is 12.7 Å². The number of amides is 1. The number of benzene rings is 1. The van der Waals surface area contributed by atoms with Crippen molar-refractivity contribution in [2.45, 2.75) is 25.8 Å². The second kappa shape index (κ2) is 5.73. The molecule has 1 unspecified atom stereocenters. The normalized spacial score (nSPS) is 17.9. The first kappa shape index (κ1) is 13.4. The molecular weight excluding hydrogens is 242 g/mol. The van der Waals surface area contributed by atoms with Crippen LogP contribution < -0.4 is 10.6 Å². The van der Waals surface area contributed by atoms with Gasteiger partial charge in [0.2, 0.25) is 5.96 Å². The fraction of sp³-hybridized carbons (Fsp3) is 0.429. The van der Waals surface area contributed by atoms with E-state index < -0.39 is 6.09 Å². The van der Waals surface area contributed by atoms with Crippen LogP contribution in [0.4, 0.5) is 4.79 Å². The Morgan fingerprint density at radius 3 is 2.68 bits per heavy atom. The van der Waals surface area contributed by atoms with Gasteiger partial charge in [-0.1, -0.05) is 38.1 Å². The van der Waals surface area contributed by atoms with E-state index in [1.807, 2.05) is 0 Å². The van der Waals surface area contributed by atoms with Gasteiger partial charge in [0.05, 0.1) is 19.7 Å². The largest absolute Gasteiger partial charge is 0.453 e. The van der Waals surface area contributed by atoms with Crippen LogP contribution >= 0.6 is 0 Å². The summed E-state index contributed by atoms with van der Waals surface area (Å²) in [6.07, 6.45) is -0.512. The summed E-state index contributed by atoms with van der Waals surface area (Å²) >= 11 is 0. The van der Waals surface area contributed by atoms with Crippen molar-refractivity contribution in [1.29, 1.82) is 0 Å². The van der Waals surface area contributed by atoms with Crippen LogP contribution in [-0.4, -0.2) is 25.7 Å². The van der Waals surface area contributed by atoms with Crippen LogP contribution in [0.2, 0.25) is 0 Å². The molecule has 5 heteroatoms. The van der Waals surface area contributed by atoms with Gasteiger partial charge in [0.1, 0.15) is 0 Å². The maximum Gasteiger partial charge on any atom is 0.413 e. The molecule has 19 heavy (non-hydrogen) atoms. The number of rotatable bonds is 2. The Bertz CT molecular complexity index is 480. The predicted octanol–water partition coefficient (Wildman–Crippen LogP) is 2.17. The third-order valence-electron chi connectivity index (χ3n) is 3.15. The van der Waals surface area contributed by atoms with Crippen molar-refractivity contribution < 1.29 is 9.53 Å². The molecule has 0 bridgehead atoms. The molecule has 1 aromatic rings. The monoisotopic (exact) mass is 261 g/mol. The van der Waals surface area contributed by atoms with Crippen LogP contribution in [0.1, 0.15) is 36.9 Å². The fourth-order valence-corrected chi connectivity index (χ4v) is 1.96. The number of alkyl carbamates (subject to hydrolysis) is 1. The van der Waals surface area contributed by atoms with E-state index >= 15 is 0 Å². The summed E-state index contributed by atoms with van der Waals surface area (Å²) in [6.45, 7) is 4.95. The number of methoxy groups -OCH3 is 1. The molecule has 1 atom stereocenters. The molecule has 0 fully saturated rings. The Morgan fingerprint density at radius 2 is 2.11 bits per heavy atom. The standard InChI is InChI=1S/C14H19N3O2/c1-9(2)10-4-6-11(7-5-10)12-8-15-13(16-12)17-14(18)19-3/h4-7,9,12H,8H2,1-3H3,(H2,15,16,17,18). The summed E-state index contributed by atoms with van der Waals surface area (Å²) < 4.78 is 4.52. The average molecular weight is 261 g/mol. The van der Waals surface area contributed by atoms with Crippen LogP contribution in [0, 0.1) is 0 Å². The van der Waals surface area contributed by atoms with Gasteiger partial charge in [-0.2, -0.15) is 0 Å². The van der Waals surface area contributed by atoms with Crippen molar-refractivity contribution in [3.8, 4) is 0 Å². The lowest BCUT2D eigenvalue weighted by Gasteiger charge is -2.13. The summed E-state index contributed by atoms with van der Waals surface area (Å²) in [7, 11) is 1.33. The molecule has 0 spiro atoms. The third-order valence-corrected chi connectivity index (χ3v) is 3.15. The van der Waals surface area contributed by atoms with Crippen molar-refractivity contribution in [2.75, 3.05) is 13.7 Å². The van der Waals surface area contributed by atoms with Crippen LogP contribution in [0.3, 0.4) is 0 Å². The van der Waals surface area contributed by atoms with E-state index in [0.717, 1.165) is 5.56 Å². The lowest BCUT2D eigenvalue weighted by molar-refractivity contribution is 0.176. The van der Waals surface area contributed by atoms with Crippen LogP contribution in [0.15, 0.2) is 29.3 Å². The van der Waals surface area contributed by atoms with Crippen molar-refractivity contribution >= 4 is 12.1 Å². The molecule has 0 saturated heterocycles. The minimum absolute atomic E-state index is 0.105. The highest BCUT2D eigenvalue weighted by molar-refractivity contribution is 5.94. The van der Waals surface area contributed by atoms with E-state index in [4.69, 9.17) is 0 Å². The van der Waals surface area contributed by atoms with Gasteiger partial charge in [-0.15, -0.1) is 0 Å². The first-order chi connectivity index (χ1) is 9.10. The zero-order valence-electron chi connectivity index (χ0n) is 11.4. The Hall–Kier alpha value is -2.04. The molecule has 1 aliphatic heterocycles. The quantitative estimate of drug-likeness (QED) is 0.857. The summed E-state index contributed by atoms with van der Waals surface area (Å²) in [6, 6.07) is 8.57. The third kappa shape index (κ3) is 3.24. The second-order valence-corrected chi connectivity index (χ2v) is 4.82. The number of nitrogens with one attached hydrogen (secondary N) is 2. The Labute approximate surface area is 113 Å². The summed E-state index contributed by atoms with van der Waals surface area (Å²) in [5.41, 5.74) is 2.48. The van der Waals surface area contributed by atoms with Crippen LogP contribution in [-0.2, 0) is 4.74 Å². The molecule has 1 amide bonds. The van der Waals surface area contributed by atoms with E-state index in [0.29, 0.717) is 18.4 Å². The first-order valence-corrected chi connectivity index (χ1v) is 6.36. The number of ether oxygens (including phenoxy) is 1. The van der Waals surface area contributed by atoms with E-state index in [-0.39, 0.29) is 6.04 Å².